The van der Waals surface area contributed by atoms with Crippen LogP contribution in [0.3, 0.4) is 0 Å². The average molecular weight is 272 g/mol. The van der Waals surface area contributed by atoms with Gasteiger partial charge in [0.1, 0.15) is 0 Å². The minimum absolute atomic E-state index is 0.00389. The Kier molecular flexibility index (Phi) is 5.41. The minimum Gasteiger partial charge on any atom is -0.465 e. The zero-order valence-electron chi connectivity index (χ0n) is 10.6. The monoisotopic (exact) mass is 272 g/mol. The highest BCUT2D eigenvalue weighted by Crippen LogP contribution is 2.21. The highest BCUT2D eigenvalue weighted by molar-refractivity contribution is 6.00. The SMILES string of the molecule is CCOC(=O)C(C(=O)OCC)c1ccc(F)c(F)c1. The maximum atomic E-state index is 13.2. The average Bonchev–Trinajstić information content (AvgIpc) is 2.34. The van der Waals surface area contributed by atoms with E-state index >= 15 is 0 Å². The first-order valence-corrected chi connectivity index (χ1v) is 5.79. The van der Waals surface area contributed by atoms with Crippen LogP contribution in [-0.4, -0.2) is 25.2 Å². The summed E-state index contributed by atoms with van der Waals surface area (Å²) >= 11 is 0. The topological polar surface area (TPSA) is 52.6 Å². The number of carbonyl (C=O) groups is 2. The van der Waals surface area contributed by atoms with Crippen molar-refractivity contribution in [1.29, 1.82) is 0 Å². The molecule has 0 atom stereocenters. The van der Waals surface area contributed by atoms with Crippen molar-refractivity contribution in [2.75, 3.05) is 13.2 Å². The summed E-state index contributed by atoms with van der Waals surface area (Å²) in [7, 11) is 0. The van der Waals surface area contributed by atoms with Crippen LogP contribution in [0.15, 0.2) is 18.2 Å². The van der Waals surface area contributed by atoms with Gasteiger partial charge in [0.05, 0.1) is 13.2 Å². The number of carbonyl (C=O) groups excluding carboxylic acids is 2. The van der Waals surface area contributed by atoms with Crippen molar-refractivity contribution in [3.05, 3.63) is 35.4 Å². The van der Waals surface area contributed by atoms with E-state index in [1.54, 1.807) is 13.8 Å². The molecule has 0 aliphatic rings. The van der Waals surface area contributed by atoms with Crippen molar-refractivity contribution in [1.82, 2.24) is 0 Å². The zero-order chi connectivity index (χ0) is 14.4. The summed E-state index contributed by atoms with van der Waals surface area (Å²) in [4.78, 5) is 23.4. The van der Waals surface area contributed by atoms with Crippen LogP contribution in [0.4, 0.5) is 8.78 Å². The van der Waals surface area contributed by atoms with E-state index in [4.69, 9.17) is 9.47 Å². The van der Waals surface area contributed by atoms with Crippen LogP contribution < -0.4 is 0 Å². The number of esters is 2. The van der Waals surface area contributed by atoms with Crippen molar-refractivity contribution in [2.45, 2.75) is 19.8 Å². The molecule has 0 heterocycles. The number of benzene rings is 1. The molecule has 1 aromatic carbocycles. The van der Waals surface area contributed by atoms with E-state index in [1.807, 2.05) is 0 Å². The van der Waals surface area contributed by atoms with E-state index in [2.05, 4.69) is 0 Å². The normalized spacial score (nSPS) is 10.4. The van der Waals surface area contributed by atoms with E-state index < -0.39 is 29.5 Å². The molecule has 0 saturated carbocycles. The van der Waals surface area contributed by atoms with Gasteiger partial charge in [0.15, 0.2) is 17.6 Å². The van der Waals surface area contributed by atoms with E-state index in [0.29, 0.717) is 0 Å². The molecule has 0 aliphatic heterocycles. The second-order valence-corrected chi connectivity index (χ2v) is 3.61. The van der Waals surface area contributed by atoms with E-state index in [-0.39, 0.29) is 18.8 Å². The first-order valence-electron chi connectivity index (χ1n) is 5.79. The maximum Gasteiger partial charge on any atom is 0.324 e. The van der Waals surface area contributed by atoms with Crippen molar-refractivity contribution in [3.63, 3.8) is 0 Å². The lowest BCUT2D eigenvalue weighted by molar-refractivity contribution is -0.156. The van der Waals surface area contributed by atoms with Gasteiger partial charge < -0.3 is 9.47 Å². The van der Waals surface area contributed by atoms with Gasteiger partial charge in [-0.05, 0) is 31.5 Å². The summed E-state index contributed by atoms with van der Waals surface area (Å²) in [6.45, 7) is 3.29. The van der Waals surface area contributed by atoms with E-state index in [9.17, 15) is 18.4 Å². The second kappa shape index (κ2) is 6.82. The summed E-state index contributed by atoms with van der Waals surface area (Å²) < 4.78 is 35.5. The summed E-state index contributed by atoms with van der Waals surface area (Å²) in [6.07, 6.45) is 0. The summed E-state index contributed by atoms with van der Waals surface area (Å²) in [5.41, 5.74) is -0.00389. The molecular weight excluding hydrogens is 258 g/mol. The third-order valence-electron chi connectivity index (χ3n) is 2.32. The van der Waals surface area contributed by atoms with Crippen molar-refractivity contribution in [2.24, 2.45) is 0 Å². The Morgan fingerprint density at radius 1 is 1.05 bits per heavy atom. The number of halogens is 2. The standard InChI is InChI=1S/C13H14F2O4/c1-3-18-12(16)11(13(17)19-4-2)8-5-6-9(14)10(15)7-8/h5-7,11H,3-4H2,1-2H3. The summed E-state index contributed by atoms with van der Waals surface area (Å²) in [5, 5.41) is 0. The molecule has 104 valence electrons. The highest BCUT2D eigenvalue weighted by Gasteiger charge is 2.32. The Bertz CT molecular complexity index is 456. The molecule has 0 amide bonds. The van der Waals surface area contributed by atoms with Crippen molar-refractivity contribution in [3.8, 4) is 0 Å². The number of hydrogen-bond acceptors (Lipinski definition) is 4. The molecule has 0 aromatic heterocycles. The van der Waals surface area contributed by atoms with Crippen LogP contribution in [0.1, 0.15) is 25.3 Å². The third kappa shape index (κ3) is 3.74. The molecule has 0 saturated heterocycles. The van der Waals surface area contributed by atoms with Gasteiger partial charge in [-0.2, -0.15) is 0 Å². The van der Waals surface area contributed by atoms with Crippen LogP contribution in [0.5, 0.6) is 0 Å². The van der Waals surface area contributed by atoms with Gasteiger partial charge >= 0.3 is 11.9 Å². The van der Waals surface area contributed by atoms with Gasteiger partial charge in [-0.3, -0.25) is 9.59 Å². The molecule has 0 radical (unpaired) electrons. The minimum atomic E-state index is -1.41. The molecule has 0 bridgehead atoms. The molecule has 0 spiro atoms. The van der Waals surface area contributed by atoms with Gasteiger partial charge in [-0.1, -0.05) is 6.07 Å². The van der Waals surface area contributed by atoms with Gasteiger partial charge in [0.25, 0.3) is 0 Å². The van der Waals surface area contributed by atoms with Crippen LogP contribution in [0.2, 0.25) is 0 Å². The van der Waals surface area contributed by atoms with Gasteiger partial charge in [-0.15, -0.1) is 0 Å². The maximum absolute atomic E-state index is 13.2. The zero-order valence-corrected chi connectivity index (χ0v) is 10.6. The lowest BCUT2D eigenvalue weighted by Crippen LogP contribution is -2.26. The second-order valence-electron chi connectivity index (χ2n) is 3.61. The molecule has 1 aromatic rings. The number of hydrogen-bond donors (Lipinski definition) is 0. The lowest BCUT2D eigenvalue weighted by atomic mass is 9.99. The fourth-order valence-electron chi connectivity index (χ4n) is 1.51. The predicted molar refractivity (Wildman–Crippen MR) is 62.4 cm³/mol. The molecule has 6 heteroatoms. The first-order chi connectivity index (χ1) is 9.01. The van der Waals surface area contributed by atoms with Crippen LogP contribution in [0.25, 0.3) is 0 Å². The Morgan fingerprint density at radius 2 is 1.58 bits per heavy atom. The molecule has 19 heavy (non-hydrogen) atoms. The fourth-order valence-corrected chi connectivity index (χ4v) is 1.51. The number of rotatable bonds is 5. The molecule has 0 aliphatic carbocycles. The molecule has 0 fully saturated rings. The Hall–Kier alpha value is -1.98. The highest BCUT2D eigenvalue weighted by atomic mass is 19.2. The van der Waals surface area contributed by atoms with E-state index in [0.717, 1.165) is 18.2 Å². The predicted octanol–water partition coefficient (Wildman–Crippen LogP) is 2.17. The van der Waals surface area contributed by atoms with Gasteiger partial charge in [0.2, 0.25) is 0 Å². The third-order valence-corrected chi connectivity index (χ3v) is 2.32. The largest absolute Gasteiger partial charge is 0.465 e. The fraction of sp³-hybridized carbons (Fsp3) is 0.385. The van der Waals surface area contributed by atoms with E-state index in [1.165, 1.54) is 0 Å². The molecule has 0 N–H and O–H groups in total. The molecule has 4 nitrogen and oxygen atoms in total. The molecular formula is C13H14F2O4. The lowest BCUT2D eigenvalue weighted by Gasteiger charge is -2.14. The van der Waals surface area contributed by atoms with Crippen molar-refractivity contribution < 1.29 is 27.8 Å². The first kappa shape index (κ1) is 15.1. The Morgan fingerprint density at radius 3 is 2.00 bits per heavy atom. The summed E-state index contributed by atoms with van der Waals surface area (Å²) in [5.74, 6) is -5.32. The van der Waals surface area contributed by atoms with Crippen molar-refractivity contribution >= 4 is 11.9 Å². The van der Waals surface area contributed by atoms with Gasteiger partial charge in [-0.25, -0.2) is 8.78 Å². The Balaban J connectivity index is 3.11. The number of ether oxygens (including phenoxy) is 2. The Labute approximate surface area is 109 Å². The van der Waals surface area contributed by atoms with Crippen LogP contribution in [-0.2, 0) is 19.1 Å². The van der Waals surface area contributed by atoms with Gasteiger partial charge in [0, 0.05) is 0 Å². The quantitative estimate of drug-likeness (QED) is 0.609. The van der Waals surface area contributed by atoms with Crippen LogP contribution >= 0.6 is 0 Å². The molecule has 1 rings (SSSR count). The van der Waals surface area contributed by atoms with Crippen LogP contribution in [0, 0.1) is 11.6 Å². The summed E-state index contributed by atoms with van der Waals surface area (Å²) in [6, 6.07) is 2.78. The smallest absolute Gasteiger partial charge is 0.324 e. The molecule has 0 unspecified atom stereocenters.